The summed E-state index contributed by atoms with van der Waals surface area (Å²) in [5, 5.41) is 12.4. The molecule has 0 aliphatic heterocycles. The number of aryl methyl sites for hydroxylation is 2. The Labute approximate surface area is 115 Å². The Morgan fingerprint density at radius 1 is 1.28 bits per heavy atom. The van der Waals surface area contributed by atoms with E-state index in [9.17, 15) is 0 Å². The molecule has 0 bridgehead atoms. The molecule has 2 atom stereocenters. The van der Waals surface area contributed by atoms with Crippen LogP contribution in [-0.2, 0) is 0 Å². The number of rotatable bonds is 7. The van der Waals surface area contributed by atoms with E-state index in [-0.39, 0.29) is 6.61 Å². The van der Waals surface area contributed by atoms with Crippen LogP contribution in [0.5, 0.6) is 0 Å². The Kier molecular flexibility index (Phi) is 6.76. The van der Waals surface area contributed by atoms with Gasteiger partial charge >= 0.3 is 0 Å². The molecule has 0 spiro atoms. The Hall–Kier alpha value is -0.510. The van der Waals surface area contributed by atoms with Crippen molar-refractivity contribution in [2.75, 3.05) is 25.2 Å². The zero-order chi connectivity index (χ0) is 13.5. The van der Waals surface area contributed by atoms with Crippen LogP contribution >= 0.6 is 11.8 Å². The first-order chi connectivity index (χ1) is 8.58. The summed E-state index contributed by atoms with van der Waals surface area (Å²) in [6, 6.07) is 7.01. The summed E-state index contributed by atoms with van der Waals surface area (Å²) in [5.74, 6) is 2.44. The van der Waals surface area contributed by atoms with Gasteiger partial charge < -0.3 is 10.4 Å². The quantitative estimate of drug-likeness (QED) is 0.797. The van der Waals surface area contributed by atoms with E-state index in [4.69, 9.17) is 5.11 Å². The molecule has 0 amide bonds. The highest BCUT2D eigenvalue weighted by atomic mass is 32.2. The third kappa shape index (κ3) is 4.63. The monoisotopic (exact) mass is 267 g/mol. The van der Waals surface area contributed by atoms with Gasteiger partial charge in [-0.05, 0) is 43.7 Å². The second-order valence-electron chi connectivity index (χ2n) is 5.03. The number of hydrogen-bond acceptors (Lipinski definition) is 3. The van der Waals surface area contributed by atoms with Gasteiger partial charge in [0.2, 0.25) is 0 Å². The van der Waals surface area contributed by atoms with E-state index in [0.29, 0.717) is 12.0 Å². The summed E-state index contributed by atoms with van der Waals surface area (Å²) in [7, 11) is 2.02. The highest BCUT2D eigenvalue weighted by molar-refractivity contribution is 7.99. The van der Waals surface area contributed by atoms with E-state index in [1.807, 2.05) is 18.8 Å². The van der Waals surface area contributed by atoms with Crippen LogP contribution in [0.3, 0.4) is 0 Å². The van der Waals surface area contributed by atoms with Gasteiger partial charge in [-0.3, -0.25) is 0 Å². The number of aliphatic hydroxyl groups excluding tert-OH is 1. The van der Waals surface area contributed by atoms with Crippen LogP contribution in [0.4, 0.5) is 0 Å². The topological polar surface area (TPSA) is 32.3 Å². The maximum Gasteiger partial charge on any atom is 0.0464 e. The first kappa shape index (κ1) is 15.5. The minimum Gasteiger partial charge on any atom is -0.396 e. The molecule has 0 aromatic heterocycles. The molecule has 0 aliphatic carbocycles. The maximum absolute atomic E-state index is 9.03. The number of thioether (sulfide) groups is 1. The van der Waals surface area contributed by atoms with Crippen LogP contribution in [0.15, 0.2) is 18.2 Å². The minimum absolute atomic E-state index is 0.278. The molecule has 2 N–H and O–H groups in total. The molecule has 0 saturated heterocycles. The summed E-state index contributed by atoms with van der Waals surface area (Å²) >= 11 is 1.91. The van der Waals surface area contributed by atoms with Crippen molar-refractivity contribution in [1.29, 1.82) is 0 Å². The fraction of sp³-hybridized carbons (Fsp3) is 0.600. The lowest BCUT2D eigenvalue weighted by molar-refractivity contribution is 0.250. The predicted octanol–water partition coefficient (Wildman–Crippen LogP) is 2.93. The molecule has 2 nitrogen and oxygen atoms in total. The van der Waals surface area contributed by atoms with Crippen molar-refractivity contribution in [1.82, 2.24) is 5.32 Å². The molecular weight excluding hydrogens is 242 g/mol. The van der Waals surface area contributed by atoms with E-state index in [1.54, 1.807) is 0 Å². The molecule has 0 aliphatic rings. The summed E-state index contributed by atoms with van der Waals surface area (Å²) in [5.41, 5.74) is 4.04. The fourth-order valence-corrected chi connectivity index (χ4v) is 3.13. The maximum atomic E-state index is 9.03. The third-order valence-electron chi connectivity index (χ3n) is 3.16. The Bertz CT molecular complexity index is 368. The first-order valence-electron chi connectivity index (χ1n) is 6.51. The standard InChI is InChI=1S/C15H25NOS/c1-11-5-6-13(3)14(7-11)15(16-4)10-18-9-12(2)8-17/h5-7,12,15-17H,8-10H2,1-4H3. The lowest BCUT2D eigenvalue weighted by Crippen LogP contribution is -2.20. The van der Waals surface area contributed by atoms with Crippen molar-refractivity contribution >= 4 is 11.8 Å². The van der Waals surface area contributed by atoms with E-state index in [2.05, 4.69) is 44.3 Å². The van der Waals surface area contributed by atoms with Crippen molar-refractivity contribution in [3.05, 3.63) is 34.9 Å². The van der Waals surface area contributed by atoms with Gasteiger partial charge in [0, 0.05) is 18.4 Å². The molecule has 1 aromatic carbocycles. The van der Waals surface area contributed by atoms with Crippen LogP contribution < -0.4 is 5.32 Å². The van der Waals surface area contributed by atoms with Crippen LogP contribution in [-0.4, -0.2) is 30.3 Å². The molecule has 0 fully saturated rings. The first-order valence-corrected chi connectivity index (χ1v) is 7.67. The highest BCUT2D eigenvalue weighted by Crippen LogP contribution is 2.23. The molecule has 0 radical (unpaired) electrons. The zero-order valence-electron chi connectivity index (χ0n) is 11.9. The molecule has 0 saturated carbocycles. The van der Waals surface area contributed by atoms with Crippen molar-refractivity contribution in [3.8, 4) is 0 Å². The van der Waals surface area contributed by atoms with E-state index < -0.39 is 0 Å². The fourth-order valence-electron chi connectivity index (χ4n) is 1.90. The third-order valence-corrected chi connectivity index (χ3v) is 4.53. The number of hydrogen-bond donors (Lipinski definition) is 2. The number of nitrogens with one attached hydrogen (secondary N) is 1. The molecule has 1 rings (SSSR count). The lowest BCUT2D eigenvalue weighted by atomic mass is 10.0. The van der Waals surface area contributed by atoms with Gasteiger partial charge in [0.25, 0.3) is 0 Å². The normalized spacial score (nSPS) is 14.5. The van der Waals surface area contributed by atoms with E-state index >= 15 is 0 Å². The lowest BCUT2D eigenvalue weighted by Gasteiger charge is -2.20. The van der Waals surface area contributed by atoms with Gasteiger partial charge in [0.1, 0.15) is 0 Å². The van der Waals surface area contributed by atoms with Gasteiger partial charge in [-0.25, -0.2) is 0 Å². The van der Waals surface area contributed by atoms with Crippen LogP contribution in [0.25, 0.3) is 0 Å². The molecule has 1 aromatic rings. The number of benzene rings is 1. The Balaban J connectivity index is 2.62. The summed E-state index contributed by atoms with van der Waals surface area (Å²) in [4.78, 5) is 0. The highest BCUT2D eigenvalue weighted by Gasteiger charge is 2.12. The van der Waals surface area contributed by atoms with Crippen molar-refractivity contribution in [2.24, 2.45) is 5.92 Å². The SMILES string of the molecule is CNC(CSCC(C)CO)c1cc(C)ccc1C. The Morgan fingerprint density at radius 2 is 2.00 bits per heavy atom. The number of aliphatic hydroxyl groups is 1. The van der Waals surface area contributed by atoms with Crippen molar-refractivity contribution in [3.63, 3.8) is 0 Å². The van der Waals surface area contributed by atoms with Crippen LogP contribution in [0.2, 0.25) is 0 Å². The molecule has 0 heterocycles. The van der Waals surface area contributed by atoms with Gasteiger partial charge in [-0.2, -0.15) is 11.8 Å². The molecule has 18 heavy (non-hydrogen) atoms. The van der Waals surface area contributed by atoms with E-state index in [1.165, 1.54) is 16.7 Å². The Morgan fingerprint density at radius 3 is 2.61 bits per heavy atom. The molecular formula is C15H25NOS. The van der Waals surface area contributed by atoms with Crippen LogP contribution in [0.1, 0.15) is 29.7 Å². The summed E-state index contributed by atoms with van der Waals surface area (Å²) < 4.78 is 0. The van der Waals surface area contributed by atoms with Gasteiger partial charge in [0.15, 0.2) is 0 Å². The van der Waals surface area contributed by atoms with Crippen LogP contribution in [0, 0.1) is 19.8 Å². The average molecular weight is 267 g/mol. The molecule has 102 valence electrons. The smallest absolute Gasteiger partial charge is 0.0464 e. The van der Waals surface area contributed by atoms with Gasteiger partial charge in [-0.1, -0.05) is 30.7 Å². The van der Waals surface area contributed by atoms with Crippen molar-refractivity contribution < 1.29 is 5.11 Å². The predicted molar refractivity (Wildman–Crippen MR) is 81.3 cm³/mol. The van der Waals surface area contributed by atoms with Crippen molar-refractivity contribution in [2.45, 2.75) is 26.8 Å². The summed E-state index contributed by atoms with van der Waals surface area (Å²) in [6.07, 6.45) is 0. The molecule has 2 unspecified atom stereocenters. The summed E-state index contributed by atoms with van der Waals surface area (Å²) in [6.45, 7) is 6.66. The second-order valence-corrected chi connectivity index (χ2v) is 6.10. The van der Waals surface area contributed by atoms with E-state index in [0.717, 1.165) is 11.5 Å². The minimum atomic E-state index is 0.278. The zero-order valence-corrected chi connectivity index (χ0v) is 12.7. The largest absolute Gasteiger partial charge is 0.396 e. The molecule has 3 heteroatoms. The van der Waals surface area contributed by atoms with Gasteiger partial charge in [0.05, 0.1) is 0 Å². The second kappa shape index (κ2) is 7.82. The van der Waals surface area contributed by atoms with Gasteiger partial charge in [-0.15, -0.1) is 0 Å². The average Bonchev–Trinajstić information content (AvgIpc) is 2.37.